The molecule has 1 heterocycles. The molecule has 0 bridgehead atoms. The highest BCUT2D eigenvalue weighted by Crippen LogP contribution is 2.23. The van der Waals surface area contributed by atoms with Crippen molar-refractivity contribution in [2.24, 2.45) is 0 Å². The molecule has 2 aromatic rings. The molecule has 1 aromatic carbocycles. The van der Waals surface area contributed by atoms with Crippen molar-refractivity contribution in [3.05, 3.63) is 52.8 Å². The zero-order chi connectivity index (χ0) is 13.9. The Morgan fingerprint density at radius 1 is 1.32 bits per heavy atom. The topological polar surface area (TPSA) is 82.9 Å². The summed E-state index contributed by atoms with van der Waals surface area (Å²) in [6.07, 6.45) is 2.73. The Morgan fingerprint density at radius 3 is 2.74 bits per heavy atom. The van der Waals surface area contributed by atoms with E-state index in [2.05, 4.69) is 25.6 Å². The Labute approximate surface area is 119 Å². The van der Waals surface area contributed by atoms with Crippen LogP contribution < -0.4 is 4.72 Å². The highest BCUT2D eigenvalue weighted by atomic mass is 79.9. The molecule has 0 saturated carbocycles. The van der Waals surface area contributed by atoms with Gasteiger partial charge in [-0.1, -0.05) is 15.9 Å². The third-order valence-corrected chi connectivity index (χ3v) is 4.14. The Kier molecular flexibility index (Phi) is 3.83. The Bertz CT molecular complexity index is 739. The minimum absolute atomic E-state index is 0.0406. The average Bonchev–Trinajstić information content (AvgIpc) is 2.39. The normalized spacial score (nSPS) is 10.7. The van der Waals surface area contributed by atoms with E-state index in [1.54, 1.807) is 6.07 Å². The van der Waals surface area contributed by atoms with Gasteiger partial charge < -0.3 is 0 Å². The molecule has 0 atom stereocenters. The minimum Gasteiger partial charge on any atom is -0.278 e. The fourth-order valence-electron chi connectivity index (χ4n) is 1.41. The van der Waals surface area contributed by atoms with Crippen molar-refractivity contribution in [3.8, 4) is 6.07 Å². The van der Waals surface area contributed by atoms with Crippen LogP contribution in [0, 0.1) is 11.3 Å². The molecule has 1 N–H and O–H groups in total. The number of halogens is 1. The summed E-state index contributed by atoms with van der Waals surface area (Å²) < 4.78 is 27.3. The lowest BCUT2D eigenvalue weighted by Crippen LogP contribution is -2.14. The van der Waals surface area contributed by atoms with Crippen LogP contribution in [0.5, 0.6) is 0 Å². The van der Waals surface area contributed by atoms with E-state index >= 15 is 0 Å². The number of pyridine rings is 1. The predicted molar refractivity (Wildman–Crippen MR) is 73.9 cm³/mol. The van der Waals surface area contributed by atoms with Gasteiger partial charge in [0.05, 0.1) is 11.3 Å². The molecule has 0 aliphatic rings. The molecule has 2 rings (SSSR count). The van der Waals surface area contributed by atoms with Crippen molar-refractivity contribution >= 4 is 31.6 Å². The van der Waals surface area contributed by atoms with Gasteiger partial charge in [0.15, 0.2) is 0 Å². The Hall–Kier alpha value is -1.91. The van der Waals surface area contributed by atoms with E-state index in [1.807, 2.05) is 6.07 Å². The Balaban J connectivity index is 2.42. The second kappa shape index (κ2) is 5.38. The molecule has 7 heteroatoms. The summed E-state index contributed by atoms with van der Waals surface area (Å²) in [5, 5.41) is 8.96. The molecule has 0 fully saturated rings. The number of hydrogen-bond donors (Lipinski definition) is 1. The molecule has 0 unspecified atom stereocenters. The average molecular weight is 338 g/mol. The number of benzene rings is 1. The van der Waals surface area contributed by atoms with Crippen molar-refractivity contribution in [2.75, 3.05) is 4.72 Å². The first kappa shape index (κ1) is 13.5. The third-order valence-electron chi connectivity index (χ3n) is 2.29. The second-order valence-corrected chi connectivity index (χ2v) is 6.19. The van der Waals surface area contributed by atoms with E-state index < -0.39 is 10.0 Å². The Morgan fingerprint density at radius 2 is 2.11 bits per heavy atom. The monoisotopic (exact) mass is 337 g/mol. The molecule has 5 nitrogen and oxygen atoms in total. The van der Waals surface area contributed by atoms with Gasteiger partial charge in [0.25, 0.3) is 10.0 Å². The molecule has 1 aromatic heterocycles. The lowest BCUT2D eigenvalue weighted by atomic mass is 10.2. The molecule has 0 amide bonds. The highest BCUT2D eigenvalue weighted by Gasteiger charge is 2.16. The number of anilines is 1. The van der Waals surface area contributed by atoms with Gasteiger partial charge >= 0.3 is 0 Å². The standard InChI is InChI=1S/C12H8BrN3O2S/c13-10-4-3-9(7-14)12(6-10)16-19(17,18)11-2-1-5-15-8-11/h1-6,8,16H. The zero-order valence-electron chi connectivity index (χ0n) is 9.54. The van der Waals surface area contributed by atoms with E-state index in [0.717, 1.165) is 0 Å². The number of nitrogens with one attached hydrogen (secondary N) is 1. The molecule has 0 aliphatic carbocycles. The van der Waals surface area contributed by atoms with Gasteiger partial charge in [-0.3, -0.25) is 9.71 Å². The molecule has 0 saturated heterocycles. The lowest BCUT2D eigenvalue weighted by Gasteiger charge is -2.09. The smallest absolute Gasteiger partial charge is 0.263 e. The van der Waals surface area contributed by atoms with Gasteiger partial charge in [-0.25, -0.2) is 8.42 Å². The van der Waals surface area contributed by atoms with Gasteiger partial charge in [0, 0.05) is 16.9 Å². The largest absolute Gasteiger partial charge is 0.278 e. The SMILES string of the molecule is N#Cc1ccc(Br)cc1NS(=O)(=O)c1cccnc1. The first-order valence-electron chi connectivity index (χ1n) is 5.15. The maximum absolute atomic E-state index is 12.1. The van der Waals surface area contributed by atoms with Gasteiger partial charge in [0.1, 0.15) is 11.0 Å². The van der Waals surface area contributed by atoms with Crippen LogP contribution in [-0.2, 0) is 10.0 Å². The summed E-state index contributed by atoms with van der Waals surface area (Å²) >= 11 is 3.23. The fraction of sp³-hybridized carbons (Fsp3) is 0. The quantitative estimate of drug-likeness (QED) is 0.932. The number of sulfonamides is 1. The summed E-state index contributed by atoms with van der Waals surface area (Å²) in [4.78, 5) is 3.80. The van der Waals surface area contributed by atoms with Crippen LogP contribution >= 0.6 is 15.9 Å². The van der Waals surface area contributed by atoms with Gasteiger partial charge in [-0.05, 0) is 30.3 Å². The second-order valence-electron chi connectivity index (χ2n) is 3.60. The van der Waals surface area contributed by atoms with Crippen molar-refractivity contribution in [3.63, 3.8) is 0 Å². The van der Waals surface area contributed by atoms with Crippen molar-refractivity contribution in [1.82, 2.24) is 4.98 Å². The van der Waals surface area contributed by atoms with Crippen LogP contribution in [0.3, 0.4) is 0 Å². The molecule has 0 radical (unpaired) electrons. The zero-order valence-corrected chi connectivity index (χ0v) is 11.9. The summed E-state index contributed by atoms with van der Waals surface area (Å²) in [6, 6.07) is 9.63. The van der Waals surface area contributed by atoms with Gasteiger partial charge in [0.2, 0.25) is 0 Å². The summed E-state index contributed by atoms with van der Waals surface area (Å²) in [5.41, 5.74) is 0.469. The summed E-state index contributed by atoms with van der Waals surface area (Å²) in [6.45, 7) is 0. The van der Waals surface area contributed by atoms with Crippen LogP contribution in [0.2, 0.25) is 0 Å². The first-order valence-corrected chi connectivity index (χ1v) is 7.43. The molecule has 19 heavy (non-hydrogen) atoms. The number of nitriles is 1. The van der Waals surface area contributed by atoms with E-state index in [1.165, 1.54) is 36.7 Å². The molecular weight excluding hydrogens is 330 g/mol. The molecule has 0 spiro atoms. The van der Waals surface area contributed by atoms with Crippen molar-refractivity contribution < 1.29 is 8.42 Å². The lowest BCUT2D eigenvalue weighted by molar-refractivity contribution is 0.601. The summed E-state index contributed by atoms with van der Waals surface area (Å²) in [7, 11) is -3.75. The van der Waals surface area contributed by atoms with Crippen LogP contribution in [0.15, 0.2) is 52.1 Å². The predicted octanol–water partition coefficient (Wildman–Crippen LogP) is 2.52. The van der Waals surface area contributed by atoms with Crippen LogP contribution in [0.25, 0.3) is 0 Å². The number of nitrogens with zero attached hydrogens (tertiary/aromatic N) is 2. The summed E-state index contributed by atoms with van der Waals surface area (Å²) in [5.74, 6) is 0. The van der Waals surface area contributed by atoms with E-state index in [-0.39, 0.29) is 16.1 Å². The number of aromatic nitrogens is 1. The first-order chi connectivity index (χ1) is 9.03. The molecular formula is C12H8BrN3O2S. The number of rotatable bonds is 3. The molecule has 0 aliphatic heterocycles. The van der Waals surface area contributed by atoms with E-state index in [4.69, 9.17) is 5.26 Å². The van der Waals surface area contributed by atoms with E-state index in [9.17, 15) is 8.42 Å². The van der Waals surface area contributed by atoms with Crippen LogP contribution in [0.4, 0.5) is 5.69 Å². The maximum Gasteiger partial charge on any atom is 0.263 e. The van der Waals surface area contributed by atoms with Crippen molar-refractivity contribution in [2.45, 2.75) is 4.90 Å². The van der Waals surface area contributed by atoms with E-state index in [0.29, 0.717) is 4.47 Å². The van der Waals surface area contributed by atoms with Gasteiger partial charge in [-0.15, -0.1) is 0 Å². The highest BCUT2D eigenvalue weighted by molar-refractivity contribution is 9.10. The fourth-order valence-corrected chi connectivity index (χ4v) is 2.80. The molecule has 96 valence electrons. The van der Waals surface area contributed by atoms with Crippen LogP contribution in [-0.4, -0.2) is 13.4 Å². The maximum atomic E-state index is 12.1. The van der Waals surface area contributed by atoms with Crippen LogP contribution in [0.1, 0.15) is 5.56 Å². The van der Waals surface area contributed by atoms with Gasteiger partial charge in [-0.2, -0.15) is 5.26 Å². The minimum atomic E-state index is -3.75. The third kappa shape index (κ3) is 3.10. The number of hydrogen-bond acceptors (Lipinski definition) is 4. The van der Waals surface area contributed by atoms with Crippen molar-refractivity contribution in [1.29, 1.82) is 5.26 Å².